The van der Waals surface area contributed by atoms with E-state index in [4.69, 9.17) is 0 Å². The topological polar surface area (TPSA) is 139 Å². The lowest BCUT2D eigenvalue weighted by atomic mass is 10.2. The maximum Gasteiger partial charge on any atom is 0.257 e. The van der Waals surface area contributed by atoms with Crippen LogP contribution in [0.5, 0.6) is 0 Å². The lowest BCUT2D eigenvalue weighted by Crippen LogP contribution is -2.17. The molecule has 3 N–H and O–H groups in total. The molecule has 0 spiro atoms. The summed E-state index contributed by atoms with van der Waals surface area (Å²) in [4.78, 5) is 52.6. The van der Waals surface area contributed by atoms with Crippen LogP contribution in [-0.4, -0.2) is 44.7 Å². The Balaban J connectivity index is 1.39. The van der Waals surface area contributed by atoms with Crippen LogP contribution >= 0.6 is 0 Å². The van der Waals surface area contributed by atoms with Crippen LogP contribution in [0.1, 0.15) is 27.6 Å². The molecule has 10 heteroatoms. The number of carbonyl (C=O) groups is 3. The summed E-state index contributed by atoms with van der Waals surface area (Å²) < 4.78 is 0. The second-order valence-corrected chi connectivity index (χ2v) is 7.44. The van der Waals surface area contributed by atoms with Crippen molar-refractivity contribution in [2.75, 3.05) is 17.7 Å². The van der Waals surface area contributed by atoms with Gasteiger partial charge in [-0.15, -0.1) is 0 Å². The van der Waals surface area contributed by atoms with Crippen LogP contribution in [0.4, 0.5) is 11.4 Å². The molecule has 4 rings (SSSR count). The van der Waals surface area contributed by atoms with Gasteiger partial charge in [0.05, 0.1) is 57.7 Å². The standard InChI is InChI=1S/C25H21N7O3/c1-15(33)31-18-5-9-22(29-13-18)21-8-4-17(12-28-21)25(35)32-19-6-10-23(30-14-19)20-7-3-16(11-27-20)24(34)26-2/h3-14H,1-2H3,(H,26,34)(H,31,33)(H,32,35). The van der Waals surface area contributed by atoms with E-state index in [2.05, 4.69) is 35.9 Å². The maximum absolute atomic E-state index is 12.6. The molecule has 0 aromatic carbocycles. The average molecular weight is 467 g/mol. The molecule has 35 heavy (non-hydrogen) atoms. The first-order chi connectivity index (χ1) is 16.9. The first-order valence-corrected chi connectivity index (χ1v) is 10.6. The van der Waals surface area contributed by atoms with Gasteiger partial charge in [-0.1, -0.05) is 0 Å². The molecule has 0 aliphatic carbocycles. The van der Waals surface area contributed by atoms with Gasteiger partial charge in [-0.05, 0) is 48.5 Å². The van der Waals surface area contributed by atoms with Crippen LogP contribution in [0.15, 0.2) is 73.3 Å². The van der Waals surface area contributed by atoms with Crippen molar-refractivity contribution >= 4 is 29.1 Å². The number of hydrogen-bond donors (Lipinski definition) is 3. The fraction of sp³-hybridized carbons (Fsp3) is 0.0800. The van der Waals surface area contributed by atoms with E-state index in [0.29, 0.717) is 45.3 Å². The molecule has 4 heterocycles. The summed E-state index contributed by atoms with van der Waals surface area (Å²) in [5, 5.41) is 7.98. The van der Waals surface area contributed by atoms with Gasteiger partial charge in [0.25, 0.3) is 11.8 Å². The first-order valence-electron chi connectivity index (χ1n) is 10.6. The number of pyridine rings is 4. The summed E-state index contributed by atoms with van der Waals surface area (Å²) in [5.41, 5.74) is 4.36. The van der Waals surface area contributed by atoms with Crippen molar-refractivity contribution in [3.63, 3.8) is 0 Å². The highest BCUT2D eigenvalue weighted by molar-refractivity contribution is 6.04. The SMILES string of the molecule is CNC(=O)c1ccc(-c2ccc(NC(=O)c3ccc(-c4ccc(NC(C)=O)cn4)nc3)cn2)nc1. The van der Waals surface area contributed by atoms with Crippen LogP contribution in [0.3, 0.4) is 0 Å². The van der Waals surface area contributed by atoms with Crippen molar-refractivity contribution in [1.82, 2.24) is 25.3 Å². The molecule has 0 bridgehead atoms. The molecule has 3 amide bonds. The number of aromatic nitrogens is 4. The molecule has 10 nitrogen and oxygen atoms in total. The van der Waals surface area contributed by atoms with E-state index in [1.54, 1.807) is 61.8 Å². The first kappa shape index (κ1) is 23.2. The van der Waals surface area contributed by atoms with Crippen molar-refractivity contribution in [3.05, 3.63) is 84.4 Å². The van der Waals surface area contributed by atoms with Crippen LogP contribution < -0.4 is 16.0 Å². The minimum atomic E-state index is -0.333. The quantitative estimate of drug-likeness (QED) is 0.396. The number of anilines is 2. The van der Waals surface area contributed by atoms with E-state index in [0.717, 1.165) is 0 Å². The number of nitrogens with zero attached hydrogens (tertiary/aromatic N) is 4. The number of rotatable bonds is 6. The molecule has 0 aliphatic heterocycles. The zero-order chi connectivity index (χ0) is 24.8. The number of hydrogen-bond acceptors (Lipinski definition) is 7. The van der Waals surface area contributed by atoms with E-state index in [-0.39, 0.29) is 17.7 Å². The molecule has 4 aromatic heterocycles. The minimum Gasteiger partial charge on any atom is -0.355 e. The Morgan fingerprint density at radius 2 is 1.00 bits per heavy atom. The summed E-state index contributed by atoms with van der Waals surface area (Å²) in [6, 6.07) is 13.6. The highest BCUT2D eigenvalue weighted by Crippen LogP contribution is 2.19. The molecule has 0 unspecified atom stereocenters. The molecule has 0 saturated heterocycles. The van der Waals surface area contributed by atoms with Gasteiger partial charge < -0.3 is 16.0 Å². The van der Waals surface area contributed by atoms with Crippen LogP contribution in [-0.2, 0) is 4.79 Å². The molecule has 0 saturated carbocycles. The predicted octanol–water partition coefficient (Wildman–Crippen LogP) is 3.17. The molecule has 0 fully saturated rings. The second-order valence-electron chi connectivity index (χ2n) is 7.44. The summed E-state index contributed by atoms with van der Waals surface area (Å²) in [7, 11) is 1.56. The smallest absolute Gasteiger partial charge is 0.257 e. The van der Waals surface area contributed by atoms with E-state index in [9.17, 15) is 14.4 Å². The van der Waals surface area contributed by atoms with Crippen LogP contribution in [0.25, 0.3) is 22.8 Å². The van der Waals surface area contributed by atoms with Crippen LogP contribution in [0, 0.1) is 0 Å². The average Bonchev–Trinajstić information content (AvgIpc) is 2.89. The largest absolute Gasteiger partial charge is 0.355 e. The molecule has 0 aliphatic rings. The summed E-state index contributed by atoms with van der Waals surface area (Å²) in [5.74, 6) is -0.722. The van der Waals surface area contributed by atoms with E-state index in [1.807, 2.05) is 0 Å². The third kappa shape index (κ3) is 5.69. The van der Waals surface area contributed by atoms with Crippen molar-refractivity contribution in [2.45, 2.75) is 6.92 Å². The third-order valence-electron chi connectivity index (χ3n) is 4.91. The highest BCUT2D eigenvalue weighted by atomic mass is 16.2. The van der Waals surface area contributed by atoms with Gasteiger partial charge in [0.1, 0.15) is 0 Å². The Kier molecular flexibility index (Phi) is 6.82. The Labute approximate surface area is 200 Å². The fourth-order valence-electron chi connectivity index (χ4n) is 3.15. The number of carbonyl (C=O) groups excluding carboxylic acids is 3. The van der Waals surface area contributed by atoms with E-state index >= 15 is 0 Å². The molecular formula is C25H21N7O3. The molecule has 0 radical (unpaired) electrons. The Hall–Kier alpha value is -4.99. The molecule has 174 valence electrons. The fourth-order valence-corrected chi connectivity index (χ4v) is 3.15. The van der Waals surface area contributed by atoms with Crippen molar-refractivity contribution < 1.29 is 14.4 Å². The van der Waals surface area contributed by atoms with Crippen LogP contribution in [0.2, 0.25) is 0 Å². The van der Waals surface area contributed by atoms with Crippen molar-refractivity contribution in [3.8, 4) is 22.8 Å². The summed E-state index contributed by atoms with van der Waals surface area (Å²) >= 11 is 0. The van der Waals surface area contributed by atoms with Gasteiger partial charge in [-0.25, -0.2) is 0 Å². The van der Waals surface area contributed by atoms with E-state index < -0.39 is 0 Å². The zero-order valence-corrected chi connectivity index (χ0v) is 18.9. The van der Waals surface area contributed by atoms with E-state index in [1.165, 1.54) is 25.5 Å². The molecule has 0 atom stereocenters. The van der Waals surface area contributed by atoms with Gasteiger partial charge in [-0.3, -0.25) is 34.3 Å². The van der Waals surface area contributed by atoms with Gasteiger partial charge in [0, 0.05) is 26.4 Å². The molecule has 4 aromatic rings. The van der Waals surface area contributed by atoms with Crippen molar-refractivity contribution in [2.24, 2.45) is 0 Å². The maximum atomic E-state index is 12.6. The lowest BCUT2D eigenvalue weighted by Gasteiger charge is -2.07. The Bertz CT molecular complexity index is 1350. The van der Waals surface area contributed by atoms with Gasteiger partial charge in [0.15, 0.2) is 0 Å². The summed E-state index contributed by atoms with van der Waals surface area (Å²) in [6.07, 6.45) is 6.02. The number of nitrogens with one attached hydrogen (secondary N) is 3. The second kappa shape index (κ2) is 10.3. The normalized spacial score (nSPS) is 10.3. The third-order valence-corrected chi connectivity index (χ3v) is 4.91. The predicted molar refractivity (Wildman–Crippen MR) is 131 cm³/mol. The Morgan fingerprint density at radius 1 is 0.571 bits per heavy atom. The van der Waals surface area contributed by atoms with Crippen molar-refractivity contribution in [1.29, 1.82) is 0 Å². The Morgan fingerprint density at radius 3 is 1.37 bits per heavy atom. The number of amides is 3. The zero-order valence-electron chi connectivity index (χ0n) is 18.9. The molecular weight excluding hydrogens is 446 g/mol. The van der Waals surface area contributed by atoms with Gasteiger partial charge in [-0.2, -0.15) is 0 Å². The monoisotopic (exact) mass is 467 g/mol. The van der Waals surface area contributed by atoms with Gasteiger partial charge >= 0.3 is 0 Å². The summed E-state index contributed by atoms with van der Waals surface area (Å²) in [6.45, 7) is 1.43. The minimum absolute atomic E-state index is 0.175. The van der Waals surface area contributed by atoms with Gasteiger partial charge in [0.2, 0.25) is 5.91 Å². The lowest BCUT2D eigenvalue weighted by molar-refractivity contribution is -0.114. The highest BCUT2D eigenvalue weighted by Gasteiger charge is 2.10.